The van der Waals surface area contributed by atoms with Crippen LogP contribution < -0.4 is 4.90 Å². The van der Waals surface area contributed by atoms with Crippen LogP contribution in [0.1, 0.15) is 32.3 Å². The van der Waals surface area contributed by atoms with Crippen molar-refractivity contribution in [2.24, 2.45) is 0 Å². The topological polar surface area (TPSA) is 96.5 Å². The molecule has 0 aliphatic rings. The van der Waals surface area contributed by atoms with E-state index in [1.54, 1.807) is 13.8 Å². The van der Waals surface area contributed by atoms with Gasteiger partial charge in [0.1, 0.15) is 10.6 Å². The number of carbonyl (C=O) groups is 2. The summed E-state index contributed by atoms with van der Waals surface area (Å²) >= 11 is 0.956. The largest absolute Gasteiger partial charge is 0.478 e. The number of carbonyl (C=O) groups excluding carboxylic acids is 1. The van der Waals surface area contributed by atoms with Gasteiger partial charge in [-0.05, 0) is 25.4 Å². The second-order valence-electron chi connectivity index (χ2n) is 3.88. The number of carboxylic acid groups (broad SMARTS) is 1. The zero-order valence-electron chi connectivity index (χ0n) is 10.5. The predicted molar refractivity (Wildman–Crippen MR) is 67.8 cm³/mol. The summed E-state index contributed by atoms with van der Waals surface area (Å²) in [6, 6.07) is 0. The molecule has 0 aliphatic heterocycles. The Balaban J connectivity index is 2.40. The number of carboxylic acids is 1. The van der Waals surface area contributed by atoms with Crippen LogP contribution in [0.15, 0.2) is 10.8 Å². The summed E-state index contributed by atoms with van der Waals surface area (Å²) < 4.78 is 8.98. The van der Waals surface area contributed by atoms with E-state index in [4.69, 9.17) is 9.52 Å². The number of aryl methyl sites for hydroxylation is 2. The van der Waals surface area contributed by atoms with Crippen LogP contribution in [0.5, 0.6) is 0 Å². The fourth-order valence-corrected chi connectivity index (χ4v) is 2.43. The standard InChI is InChI=1S/C11H11N3O4S/c1-5-7(11(16)17)10(19-13-5)14(3)9(15)8-6(2)12-4-18-8/h4H,1-3H3,(H,16,17). The lowest BCUT2D eigenvalue weighted by atomic mass is 10.2. The van der Waals surface area contributed by atoms with E-state index >= 15 is 0 Å². The molecule has 0 spiro atoms. The maximum Gasteiger partial charge on any atom is 0.340 e. The Morgan fingerprint density at radius 1 is 1.37 bits per heavy atom. The van der Waals surface area contributed by atoms with Crippen molar-refractivity contribution in [3.05, 3.63) is 29.1 Å². The lowest BCUT2D eigenvalue weighted by Gasteiger charge is -2.14. The van der Waals surface area contributed by atoms with Gasteiger partial charge in [0.05, 0.1) is 11.4 Å². The van der Waals surface area contributed by atoms with Gasteiger partial charge in [0, 0.05) is 7.05 Å². The van der Waals surface area contributed by atoms with Crippen molar-refractivity contribution in [1.29, 1.82) is 0 Å². The quantitative estimate of drug-likeness (QED) is 0.920. The summed E-state index contributed by atoms with van der Waals surface area (Å²) in [4.78, 5) is 28.4. The number of amides is 1. The highest BCUT2D eigenvalue weighted by molar-refractivity contribution is 7.11. The second kappa shape index (κ2) is 4.81. The predicted octanol–water partition coefficient (Wildman–Crippen LogP) is 1.72. The summed E-state index contributed by atoms with van der Waals surface area (Å²) in [5, 5.41) is 9.41. The number of aromatic nitrogens is 2. The first kappa shape index (κ1) is 13.2. The molecular formula is C11H11N3O4S. The van der Waals surface area contributed by atoms with Crippen molar-refractivity contribution in [1.82, 2.24) is 9.36 Å². The van der Waals surface area contributed by atoms with E-state index in [1.807, 2.05) is 0 Å². The summed E-state index contributed by atoms with van der Waals surface area (Å²) in [5.41, 5.74) is 0.856. The molecule has 0 aromatic carbocycles. The number of rotatable bonds is 3. The minimum atomic E-state index is -1.12. The zero-order chi connectivity index (χ0) is 14.2. The molecule has 0 bridgehead atoms. The Bertz CT molecular complexity index is 646. The summed E-state index contributed by atoms with van der Waals surface area (Å²) in [5.74, 6) is -1.48. The number of nitrogens with zero attached hydrogens (tertiary/aromatic N) is 3. The summed E-state index contributed by atoms with van der Waals surface area (Å²) in [6.45, 7) is 3.22. The zero-order valence-corrected chi connectivity index (χ0v) is 11.3. The number of hydrogen-bond donors (Lipinski definition) is 1. The third-order valence-corrected chi connectivity index (χ3v) is 3.62. The summed E-state index contributed by atoms with van der Waals surface area (Å²) in [6.07, 6.45) is 1.17. The molecule has 2 heterocycles. The maximum atomic E-state index is 12.2. The lowest BCUT2D eigenvalue weighted by Crippen LogP contribution is -2.27. The van der Waals surface area contributed by atoms with Crippen molar-refractivity contribution in [2.45, 2.75) is 13.8 Å². The van der Waals surface area contributed by atoms with E-state index in [1.165, 1.54) is 18.3 Å². The van der Waals surface area contributed by atoms with Crippen LogP contribution in [0, 0.1) is 13.8 Å². The van der Waals surface area contributed by atoms with Crippen molar-refractivity contribution >= 4 is 28.4 Å². The molecule has 8 heteroatoms. The number of aromatic carboxylic acids is 1. The Hall–Kier alpha value is -2.22. The minimum Gasteiger partial charge on any atom is -0.478 e. The molecule has 0 saturated carbocycles. The van der Waals surface area contributed by atoms with Gasteiger partial charge in [-0.2, -0.15) is 4.37 Å². The number of hydrogen-bond acceptors (Lipinski definition) is 6. The second-order valence-corrected chi connectivity index (χ2v) is 4.64. The lowest BCUT2D eigenvalue weighted by molar-refractivity contribution is 0.0697. The van der Waals surface area contributed by atoms with Crippen LogP contribution in [0.25, 0.3) is 0 Å². The van der Waals surface area contributed by atoms with E-state index in [0.29, 0.717) is 11.4 Å². The van der Waals surface area contributed by atoms with Gasteiger partial charge in [0.15, 0.2) is 6.39 Å². The van der Waals surface area contributed by atoms with Crippen LogP contribution in [0.4, 0.5) is 5.00 Å². The fourth-order valence-electron chi connectivity index (χ4n) is 1.58. The van der Waals surface area contributed by atoms with Crippen molar-refractivity contribution < 1.29 is 19.1 Å². The molecular weight excluding hydrogens is 270 g/mol. The van der Waals surface area contributed by atoms with Crippen LogP contribution in [0.3, 0.4) is 0 Å². The molecule has 0 radical (unpaired) electrons. The van der Waals surface area contributed by atoms with Gasteiger partial charge in [0.2, 0.25) is 5.76 Å². The molecule has 1 amide bonds. The van der Waals surface area contributed by atoms with Gasteiger partial charge >= 0.3 is 5.97 Å². The molecule has 2 aromatic rings. The summed E-state index contributed by atoms with van der Waals surface area (Å²) in [7, 11) is 1.48. The molecule has 0 unspecified atom stereocenters. The Morgan fingerprint density at radius 2 is 2.05 bits per heavy atom. The molecule has 2 aromatic heterocycles. The third-order valence-electron chi connectivity index (χ3n) is 2.61. The van der Waals surface area contributed by atoms with E-state index in [9.17, 15) is 9.59 Å². The number of oxazole rings is 1. The number of anilines is 1. The maximum absolute atomic E-state index is 12.2. The Kier molecular flexibility index (Phi) is 3.34. The minimum absolute atomic E-state index is 0.0259. The van der Waals surface area contributed by atoms with Gasteiger partial charge in [0.25, 0.3) is 5.91 Å². The van der Waals surface area contributed by atoms with Gasteiger partial charge in [-0.15, -0.1) is 0 Å². The third kappa shape index (κ3) is 2.22. The fraction of sp³-hybridized carbons (Fsp3) is 0.273. The Morgan fingerprint density at radius 3 is 2.58 bits per heavy atom. The molecule has 0 atom stereocenters. The van der Waals surface area contributed by atoms with Crippen LogP contribution in [0.2, 0.25) is 0 Å². The van der Waals surface area contributed by atoms with E-state index in [0.717, 1.165) is 11.5 Å². The molecule has 7 nitrogen and oxygen atoms in total. The SMILES string of the molecule is Cc1ncoc1C(=O)N(C)c1snc(C)c1C(=O)O. The highest BCUT2D eigenvalue weighted by Crippen LogP contribution is 2.29. The van der Waals surface area contributed by atoms with Crippen molar-refractivity contribution in [3.63, 3.8) is 0 Å². The molecule has 0 aliphatic carbocycles. The van der Waals surface area contributed by atoms with Gasteiger partial charge < -0.3 is 9.52 Å². The van der Waals surface area contributed by atoms with Gasteiger partial charge in [-0.3, -0.25) is 9.69 Å². The monoisotopic (exact) mass is 281 g/mol. The molecule has 0 saturated heterocycles. The first-order chi connectivity index (χ1) is 8.93. The molecule has 19 heavy (non-hydrogen) atoms. The Labute approximate surface area is 112 Å². The van der Waals surface area contributed by atoms with Gasteiger partial charge in [-0.1, -0.05) is 0 Å². The van der Waals surface area contributed by atoms with E-state index in [-0.39, 0.29) is 16.3 Å². The van der Waals surface area contributed by atoms with E-state index in [2.05, 4.69) is 9.36 Å². The van der Waals surface area contributed by atoms with Crippen molar-refractivity contribution in [2.75, 3.05) is 11.9 Å². The highest BCUT2D eigenvalue weighted by atomic mass is 32.1. The molecule has 1 N–H and O–H groups in total. The van der Waals surface area contributed by atoms with Crippen LogP contribution in [-0.2, 0) is 0 Å². The van der Waals surface area contributed by atoms with Crippen molar-refractivity contribution in [3.8, 4) is 0 Å². The average Bonchev–Trinajstić information content (AvgIpc) is 2.93. The average molecular weight is 281 g/mol. The smallest absolute Gasteiger partial charge is 0.340 e. The normalized spacial score (nSPS) is 10.5. The molecule has 0 fully saturated rings. The van der Waals surface area contributed by atoms with Gasteiger partial charge in [-0.25, -0.2) is 9.78 Å². The van der Waals surface area contributed by atoms with Crippen LogP contribution in [-0.4, -0.2) is 33.4 Å². The molecule has 2 rings (SSSR count). The highest BCUT2D eigenvalue weighted by Gasteiger charge is 2.27. The molecule has 100 valence electrons. The van der Waals surface area contributed by atoms with Crippen LogP contribution >= 0.6 is 11.5 Å². The van der Waals surface area contributed by atoms with E-state index < -0.39 is 11.9 Å². The first-order valence-electron chi connectivity index (χ1n) is 5.31. The first-order valence-corrected chi connectivity index (χ1v) is 6.08.